The first-order valence-corrected chi connectivity index (χ1v) is 7.64. The Labute approximate surface area is 127 Å². The minimum absolute atomic E-state index is 0.119. The van der Waals surface area contributed by atoms with Gasteiger partial charge in [0.25, 0.3) is 0 Å². The van der Waals surface area contributed by atoms with E-state index in [0.29, 0.717) is 12.5 Å². The molecule has 2 amide bonds. The number of hydrogen-bond donors (Lipinski definition) is 2. The van der Waals surface area contributed by atoms with Crippen LogP contribution in [0.2, 0.25) is 0 Å². The predicted octanol–water partition coefficient (Wildman–Crippen LogP) is 2.33. The van der Waals surface area contributed by atoms with Crippen LogP contribution in [0.1, 0.15) is 47.0 Å². The molecule has 0 aliphatic heterocycles. The van der Waals surface area contributed by atoms with E-state index in [-0.39, 0.29) is 25.0 Å². The van der Waals surface area contributed by atoms with Gasteiger partial charge in [0.15, 0.2) is 0 Å². The standard InChI is InChI=1S/C15H30N2O4/c1-6-12(7-2)17(10-11(3)4)15(20)16-9-13(21-5)8-14(18)19/h11-13H,6-10H2,1-5H3,(H,16,20)(H,18,19). The van der Waals surface area contributed by atoms with Gasteiger partial charge in [0.1, 0.15) is 0 Å². The third-order valence-corrected chi connectivity index (χ3v) is 3.42. The number of amides is 2. The minimum Gasteiger partial charge on any atom is -0.481 e. The van der Waals surface area contributed by atoms with Crippen molar-refractivity contribution in [2.45, 2.75) is 59.1 Å². The van der Waals surface area contributed by atoms with E-state index in [4.69, 9.17) is 9.84 Å². The first kappa shape index (κ1) is 19.7. The number of carbonyl (C=O) groups is 2. The highest BCUT2D eigenvalue weighted by molar-refractivity contribution is 5.74. The van der Waals surface area contributed by atoms with Crippen LogP contribution in [0, 0.1) is 5.92 Å². The van der Waals surface area contributed by atoms with Gasteiger partial charge in [-0.1, -0.05) is 27.7 Å². The highest BCUT2D eigenvalue weighted by Crippen LogP contribution is 2.12. The molecule has 0 aromatic carbocycles. The predicted molar refractivity (Wildman–Crippen MR) is 82.4 cm³/mol. The van der Waals surface area contributed by atoms with E-state index < -0.39 is 12.1 Å². The number of carboxylic acid groups (broad SMARTS) is 1. The van der Waals surface area contributed by atoms with Crippen LogP contribution >= 0.6 is 0 Å². The molecule has 21 heavy (non-hydrogen) atoms. The molecule has 1 atom stereocenters. The van der Waals surface area contributed by atoms with Crippen LogP contribution in [-0.2, 0) is 9.53 Å². The van der Waals surface area contributed by atoms with Crippen molar-refractivity contribution >= 4 is 12.0 Å². The summed E-state index contributed by atoms with van der Waals surface area (Å²) in [6.45, 7) is 9.18. The van der Waals surface area contributed by atoms with Crippen LogP contribution in [0.3, 0.4) is 0 Å². The summed E-state index contributed by atoms with van der Waals surface area (Å²) >= 11 is 0. The summed E-state index contributed by atoms with van der Waals surface area (Å²) in [5.74, 6) is -0.552. The van der Waals surface area contributed by atoms with Gasteiger partial charge in [-0.3, -0.25) is 4.79 Å². The highest BCUT2D eigenvalue weighted by Gasteiger charge is 2.23. The Morgan fingerprint density at radius 3 is 2.19 bits per heavy atom. The molecule has 0 spiro atoms. The van der Waals surface area contributed by atoms with Crippen molar-refractivity contribution in [1.82, 2.24) is 10.2 Å². The number of rotatable bonds is 10. The largest absolute Gasteiger partial charge is 0.481 e. The lowest BCUT2D eigenvalue weighted by Gasteiger charge is -2.32. The molecular weight excluding hydrogens is 272 g/mol. The van der Waals surface area contributed by atoms with Gasteiger partial charge in [0.05, 0.1) is 12.5 Å². The molecule has 0 saturated heterocycles. The molecule has 0 rings (SSSR count). The number of nitrogens with zero attached hydrogens (tertiary/aromatic N) is 1. The number of carboxylic acids is 1. The van der Waals surface area contributed by atoms with Crippen molar-refractivity contribution in [2.24, 2.45) is 5.92 Å². The fraction of sp³-hybridized carbons (Fsp3) is 0.867. The second-order valence-corrected chi connectivity index (χ2v) is 5.66. The zero-order valence-corrected chi connectivity index (χ0v) is 13.9. The molecule has 0 aliphatic rings. The first-order chi connectivity index (χ1) is 9.85. The fourth-order valence-corrected chi connectivity index (χ4v) is 2.26. The summed E-state index contributed by atoms with van der Waals surface area (Å²) < 4.78 is 5.07. The monoisotopic (exact) mass is 302 g/mol. The van der Waals surface area contributed by atoms with Gasteiger partial charge in [0, 0.05) is 26.2 Å². The number of nitrogens with one attached hydrogen (secondary N) is 1. The van der Waals surface area contributed by atoms with E-state index in [1.807, 2.05) is 4.90 Å². The van der Waals surface area contributed by atoms with Gasteiger partial charge < -0.3 is 20.1 Å². The van der Waals surface area contributed by atoms with Crippen molar-refractivity contribution in [3.8, 4) is 0 Å². The number of urea groups is 1. The van der Waals surface area contributed by atoms with Gasteiger partial charge in [0.2, 0.25) is 0 Å². The van der Waals surface area contributed by atoms with Gasteiger partial charge in [-0.05, 0) is 18.8 Å². The fourth-order valence-electron chi connectivity index (χ4n) is 2.26. The number of methoxy groups -OCH3 is 1. The molecule has 0 fully saturated rings. The maximum absolute atomic E-state index is 12.4. The van der Waals surface area contributed by atoms with E-state index in [0.717, 1.165) is 12.8 Å². The number of aliphatic carboxylic acids is 1. The molecular formula is C15H30N2O4. The van der Waals surface area contributed by atoms with Crippen LogP contribution in [-0.4, -0.2) is 54.4 Å². The van der Waals surface area contributed by atoms with Crippen LogP contribution < -0.4 is 5.32 Å². The summed E-state index contributed by atoms with van der Waals surface area (Å²) in [5.41, 5.74) is 0. The Morgan fingerprint density at radius 1 is 1.24 bits per heavy atom. The van der Waals surface area contributed by atoms with E-state index in [1.54, 1.807) is 0 Å². The topological polar surface area (TPSA) is 78.9 Å². The maximum Gasteiger partial charge on any atom is 0.317 e. The second kappa shape index (κ2) is 10.4. The zero-order valence-electron chi connectivity index (χ0n) is 13.9. The average molecular weight is 302 g/mol. The lowest BCUT2D eigenvalue weighted by atomic mass is 10.1. The first-order valence-electron chi connectivity index (χ1n) is 7.64. The molecule has 0 radical (unpaired) electrons. The van der Waals surface area contributed by atoms with Crippen LogP contribution in [0.25, 0.3) is 0 Å². The Morgan fingerprint density at radius 2 is 1.81 bits per heavy atom. The summed E-state index contributed by atoms with van der Waals surface area (Å²) in [5, 5.41) is 11.6. The van der Waals surface area contributed by atoms with Crippen LogP contribution in [0.5, 0.6) is 0 Å². The summed E-state index contributed by atoms with van der Waals surface area (Å²) in [4.78, 5) is 24.9. The van der Waals surface area contributed by atoms with Gasteiger partial charge in [-0.15, -0.1) is 0 Å². The van der Waals surface area contributed by atoms with E-state index in [2.05, 4.69) is 33.0 Å². The Kier molecular flexibility index (Phi) is 9.78. The van der Waals surface area contributed by atoms with Gasteiger partial charge in [-0.2, -0.15) is 0 Å². The second-order valence-electron chi connectivity index (χ2n) is 5.66. The SMILES string of the molecule is CCC(CC)N(CC(C)C)C(=O)NCC(CC(=O)O)OC. The highest BCUT2D eigenvalue weighted by atomic mass is 16.5. The zero-order chi connectivity index (χ0) is 16.4. The van der Waals surface area contributed by atoms with E-state index in [9.17, 15) is 9.59 Å². The molecule has 1 unspecified atom stereocenters. The Balaban J connectivity index is 4.61. The van der Waals surface area contributed by atoms with Crippen molar-refractivity contribution in [3.05, 3.63) is 0 Å². The molecule has 0 aliphatic carbocycles. The van der Waals surface area contributed by atoms with Crippen molar-refractivity contribution in [3.63, 3.8) is 0 Å². The number of carbonyl (C=O) groups excluding carboxylic acids is 1. The summed E-state index contributed by atoms with van der Waals surface area (Å²) in [6, 6.07) is 0.0534. The Bertz CT molecular complexity index is 317. The van der Waals surface area contributed by atoms with E-state index in [1.165, 1.54) is 7.11 Å². The molecule has 0 saturated carbocycles. The third kappa shape index (κ3) is 7.90. The molecule has 0 aromatic heterocycles. The summed E-state index contributed by atoms with van der Waals surface area (Å²) in [6.07, 6.45) is 1.18. The summed E-state index contributed by atoms with van der Waals surface area (Å²) in [7, 11) is 1.45. The normalized spacial score (nSPS) is 12.5. The lowest BCUT2D eigenvalue weighted by molar-refractivity contribution is -0.139. The van der Waals surface area contributed by atoms with E-state index >= 15 is 0 Å². The molecule has 0 bridgehead atoms. The Hall–Kier alpha value is -1.30. The molecule has 0 heterocycles. The van der Waals surface area contributed by atoms with Crippen molar-refractivity contribution in [2.75, 3.05) is 20.2 Å². The number of ether oxygens (including phenoxy) is 1. The smallest absolute Gasteiger partial charge is 0.317 e. The molecule has 2 N–H and O–H groups in total. The van der Waals surface area contributed by atoms with Gasteiger partial charge in [-0.25, -0.2) is 4.79 Å². The van der Waals surface area contributed by atoms with Crippen LogP contribution in [0.15, 0.2) is 0 Å². The van der Waals surface area contributed by atoms with Crippen molar-refractivity contribution in [1.29, 1.82) is 0 Å². The minimum atomic E-state index is -0.935. The average Bonchev–Trinajstić information content (AvgIpc) is 2.42. The quantitative estimate of drug-likeness (QED) is 0.649. The van der Waals surface area contributed by atoms with Crippen LogP contribution in [0.4, 0.5) is 4.79 Å². The van der Waals surface area contributed by atoms with Crippen molar-refractivity contribution < 1.29 is 19.4 Å². The third-order valence-electron chi connectivity index (χ3n) is 3.42. The molecule has 6 heteroatoms. The number of hydrogen-bond acceptors (Lipinski definition) is 3. The molecule has 6 nitrogen and oxygen atoms in total. The maximum atomic E-state index is 12.4. The molecule has 124 valence electrons. The lowest BCUT2D eigenvalue weighted by Crippen LogP contribution is -2.49. The van der Waals surface area contributed by atoms with Gasteiger partial charge >= 0.3 is 12.0 Å². The molecule has 0 aromatic rings.